The van der Waals surface area contributed by atoms with E-state index < -0.39 is 11.4 Å². The molecule has 7 heteroatoms. The quantitative estimate of drug-likeness (QED) is 0.200. The Morgan fingerprint density at radius 2 is 1.35 bits per heavy atom. The van der Waals surface area contributed by atoms with E-state index in [1.165, 1.54) is 22.3 Å². The highest BCUT2D eigenvalue weighted by atomic mass is 19.0. The molecule has 1 N–H and O–H groups in total. The van der Waals surface area contributed by atoms with Crippen LogP contribution < -0.4 is 20.0 Å². The van der Waals surface area contributed by atoms with Gasteiger partial charge >= 0.3 is 5.76 Å². The largest absolute Gasteiger partial charge is 0.497 e. The molecule has 0 bridgehead atoms. The van der Waals surface area contributed by atoms with Crippen LogP contribution in [-0.4, -0.2) is 19.2 Å². The lowest BCUT2D eigenvalue weighted by molar-refractivity contribution is 0.0642. The van der Waals surface area contributed by atoms with E-state index in [1.54, 1.807) is 14.2 Å². The highest BCUT2D eigenvalue weighted by molar-refractivity contribution is 6.12. The second-order valence-corrected chi connectivity index (χ2v) is 16.0. The number of hydrogen-bond acceptors (Lipinski definition) is 5. The van der Waals surface area contributed by atoms with E-state index in [0.29, 0.717) is 11.1 Å². The second-order valence-electron chi connectivity index (χ2n) is 16.0. The van der Waals surface area contributed by atoms with Crippen molar-refractivity contribution in [2.45, 2.75) is 58.0 Å². The van der Waals surface area contributed by atoms with Crippen LogP contribution in [0.4, 0.5) is 4.70 Å². The van der Waals surface area contributed by atoms with Gasteiger partial charge in [0.05, 0.1) is 19.7 Å². The Morgan fingerprint density at radius 1 is 0.745 bits per heavy atom. The van der Waals surface area contributed by atoms with E-state index in [1.807, 2.05) is 36.4 Å². The topological polar surface area (TPSA) is 73.7 Å². The molecule has 0 saturated heterocycles. The summed E-state index contributed by atoms with van der Waals surface area (Å²) in [6.45, 7) is 9.69. The summed E-state index contributed by atoms with van der Waals surface area (Å²) in [5.41, 5.74) is 8.36. The Morgan fingerprint density at radius 3 is 1.96 bits per heavy atom. The Hall–Kier alpha value is -5.30. The summed E-state index contributed by atoms with van der Waals surface area (Å²) < 4.78 is 24.4. The SMILES string of the molecule is COc1ccc(C2(c3ccc(OC)cc3)C=Cc3c4c(c5cc6oc(=O)[nH]c6cc5c3O2)-c2ccccc2C42CC(C)(C)CC(C)(C)C2)cc1.F. The number of rotatable bonds is 4. The molecule has 0 amide bonds. The van der Waals surface area contributed by atoms with E-state index in [2.05, 4.69) is 93.4 Å². The number of oxazole rings is 1. The molecule has 0 unspecified atom stereocenters. The van der Waals surface area contributed by atoms with Crippen LogP contribution in [0.15, 0.2) is 100 Å². The standard InChI is InChI=1S/C44H41NO5.FH/c1-41(2)23-42(3,4)25-43(24-41)34-10-8-7-9-30(34)37-32-22-36-35(45-40(46)49-36)21-33(32)39-31(38(37)43)19-20-44(50-39,26-11-15-28(47-5)16-12-26)27-13-17-29(48-6)18-14-27;/h7-22H,23-25H2,1-6H3,(H,45,46);1H. The Kier molecular flexibility index (Phi) is 7.16. The van der Waals surface area contributed by atoms with Crippen LogP contribution in [0, 0.1) is 10.8 Å². The summed E-state index contributed by atoms with van der Waals surface area (Å²) in [4.78, 5) is 15.5. The number of nitrogens with one attached hydrogen (secondary N) is 1. The van der Waals surface area contributed by atoms with Crippen molar-refractivity contribution in [3.8, 4) is 28.4 Å². The van der Waals surface area contributed by atoms with E-state index >= 15 is 0 Å². The normalized spacial score (nSPS) is 18.4. The zero-order chi connectivity index (χ0) is 34.6. The molecule has 0 radical (unpaired) electrons. The van der Waals surface area contributed by atoms with Crippen molar-refractivity contribution in [2.24, 2.45) is 10.8 Å². The average Bonchev–Trinajstić information content (AvgIpc) is 3.59. The van der Waals surface area contributed by atoms with Crippen LogP contribution in [0.2, 0.25) is 0 Å². The Bertz CT molecular complexity index is 2370. The van der Waals surface area contributed by atoms with Gasteiger partial charge in [-0.2, -0.15) is 0 Å². The number of methoxy groups -OCH3 is 2. The molecule has 2 heterocycles. The number of aromatic nitrogens is 1. The van der Waals surface area contributed by atoms with Gasteiger partial charge in [0.1, 0.15) is 17.2 Å². The third-order valence-corrected chi connectivity index (χ3v) is 11.3. The van der Waals surface area contributed by atoms with Crippen molar-refractivity contribution in [3.63, 3.8) is 0 Å². The number of halogens is 1. The Labute approximate surface area is 296 Å². The van der Waals surface area contributed by atoms with Gasteiger partial charge in [0.2, 0.25) is 0 Å². The van der Waals surface area contributed by atoms with Crippen LogP contribution in [0.1, 0.15) is 74.8 Å². The molecule has 0 atom stereocenters. The van der Waals surface area contributed by atoms with Gasteiger partial charge in [0.15, 0.2) is 11.2 Å². The zero-order valence-electron chi connectivity index (χ0n) is 29.8. The average molecular weight is 684 g/mol. The van der Waals surface area contributed by atoms with Crippen LogP contribution in [0.5, 0.6) is 17.2 Å². The molecule has 51 heavy (non-hydrogen) atoms. The fourth-order valence-corrected chi connectivity index (χ4v) is 10.3. The maximum atomic E-state index is 12.6. The van der Waals surface area contributed by atoms with Gasteiger partial charge in [0.25, 0.3) is 0 Å². The number of benzene rings is 5. The van der Waals surface area contributed by atoms with E-state index in [-0.39, 0.29) is 20.9 Å². The van der Waals surface area contributed by atoms with Gasteiger partial charge in [0, 0.05) is 27.5 Å². The molecule has 6 aromatic rings. The smallest absolute Gasteiger partial charge is 0.417 e. The van der Waals surface area contributed by atoms with Crippen molar-refractivity contribution in [1.82, 2.24) is 4.98 Å². The lowest BCUT2D eigenvalue weighted by Crippen LogP contribution is -2.44. The first-order valence-corrected chi connectivity index (χ1v) is 17.4. The molecule has 2 aliphatic carbocycles. The van der Waals surface area contributed by atoms with Crippen LogP contribution >= 0.6 is 0 Å². The number of fused-ring (bicyclic) bond motifs is 11. The highest BCUT2D eigenvalue weighted by Gasteiger charge is 2.55. The van der Waals surface area contributed by atoms with Crippen molar-refractivity contribution in [2.75, 3.05) is 14.2 Å². The Balaban J connectivity index is 0.00000374. The van der Waals surface area contributed by atoms with Crippen molar-refractivity contribution >= 4 is 27.9 Å². The third-order valence-electron chi connectivity index (χ3n) is 11.3. The molecular weight excluding hydrogens is 641 g/mol. The highest BCUT2D eigenvalue weighted by Crippen LogP contribution is 2.67. The summed E-state index contributed by atoms with van der Waals surface area (Å²) >= 11 is 0. The lowest BCUT2D eigenvalue weighted by atomic mass is 9.52. The minimum Gasteiger partial charge on any atom is -0.497 e. The molecular formula is C44H42FNO5. The zero-order valence-corrected chi connectivity index (χ0v) is 29.8. The summed E-state index contributed by atoms with van der Waals surface area (Å²) in [6, 6.07) is 29.2. The summed E-state index contributed by atoms with van der Waals surface area (Å²) in [7, 11) is 3.35. The molecule has 9 rings (SSSR count). The van der Waals surface area contributed by atoms with Crippen molar-refractivity contribution in [3.05, 3.63) is 129 Å². The third kappa shape index (κ3) is 4.77. The van der Waals surface area contributed by atoms with Gasteiger partial charge in [-0.1, -0.05) is 82.3 Å². The van der Waals surface area contributed by atoms with E-state index in [4.69, 9.17) is 18.6 Å². The first-order chi connectivity index (χ1) is 24.0. The van der Waals surface area contributed by atoms with E-state index in [0.717, 1.165) is 64.0 Å². The van der Waals surface area contributed by atoms with Crippen molar-refractivity contribution in [1.29, 1.82) is 0 Å². The fraction of sp³-hybridized carbons (Fsp3) is 0.295. The number of ether oxygens (including phenoxy) is 3. The van der Waals surface area contributed by atoms with Crippen LogP contribution in [-0.2, 0) is 11.0 Å². The predicted molar refractivity (Wildman–Crippen MR) is 201 cm³/mol. The number of hydrogen-bond donors (Lipinski definition) is 1. The maximum Gasteiger partial charge on any atom is 0.417 e. The molecule has 5 aromatic carbocycles. The first kappa shape index (κ1) is 32.9. The lowest BCUT2D eigenvalue weighted by Gasteiger charge is -2.52. The van der Waals surface area contributed by atoms with E-state index in [9.17, 15) is 4.79 Å². The van der Waals surface area contributed by atoms with Gasteiger partial charge in [-0.15, -0.1) is 0 Å². The van der Waals surface area contributed by atoms with Gasteiger partial charge < -0.3 is 18.6 Å². The summed E-state index contributed by atoms with van der Waals surface area (Å²) in [5, 5.41) is 1.95. The molecule has 260 valence electrons. The summed E-state index contributed by atoms with van der Waals surface area (Å²) in [5.74, 6) is 1.87. The fourth-order valence-electron chi connectivity index (χ4n) is 10.3. The molecule has 3 aliphatic rings. The number of H-pyrrole nitrogens is 1. The maximum absolute atomic E-state index is 12.6. The van der Waals surface area contributed by atoms with Gasteiger partial charge in [-0.05, 0) is 100 Å². The minimum atomic E-state index is -0.963. The van der Waals surface area contributed by atoms with Crippen LogP contribution in [0.25, 0.3) is 39.1 Å². The van der Waals surface area contributed by atoms with Gasteiger partial charge in [-0.25, -0.2) is 4.79 Å². The molecule has 1 saturated carbocycles. The second kappa shape index (κ2) is 11.1. The molecule has 6 nitrogen and oxygen atoms in total. The first-order valence-electron chi connectivity index (χ1n) is 17.4. The minimum absolute atomic E-state index is 0. The van der Waals surface area contributed by atoms with Crippen molar-refractivity contribution < 1.29 is 23.3 Å². The van der Waals surface area contributed by atoms with Gasteiger partial charge in [-0.3, -0.25) is 9.69 Å². The molecule has 1 aliphatic heterocycles. The molecule has 1 fully saturated rings. The predicted octanol–water partition coefficient (Wildman–Crippen LogP) is 10.3. The van der Waals surface area contributed by atoms with Crippen LogP contribution in [0.3, 0.4) is 0 Å². The monoisotopic (exact) mass is 683 g/mol. The molecule has 1 aromatic heterocycles. The molecule has 1 spiro atoms. The number of aromatic amines is 1. The summed E-state index contributed by atoms with van der Waals surface area (Å²) in [6.07, 6.45) is 7.70.